The molecule has 0 unspecified atom stereocenters. The molecule has 0 fully saturated rings. The predicted molar refractivity (Wildman–Crippen MR) is 70.4 cm³/mol. The van der Waals surface area contributed by atoms with Crippen LogP contribution >= 0.6 is 0 Å². The van der Waals surface area contributed by atoms with Gasteiger partial charge in [0.1, 0.15) is 11.6 Å². The van der Waals surface area contributed by atoms with Gasteiger partial charge in [-0.2, -0.15) is 0 Å². The maximum Gasteiger partial charge on any atom is 0.131 e. The average Bonchev–Trinajstić information content (AvgIpc) is 2.35. The highest BCUT2D eigenvalue weighted by Gasteiger charge is 2.09. The molecule has 100 valence electrons. The SMILES string of the molecule is CCN(CCC(=N)N)Cc1ccc(OC)cc1F. The molecule has 0 spiro atoms. The Balaban J connectivity index is 2.66. The van der Waals surface area contributed by atoms with Gasteiger partial charge in [-0.05, 0) is 12.6 Å². The van der Waals surface area contributed by atoms with Crippen molar-refractivity contribution in [3.63, 3.8) is 0 Å². The number of methoxy groups -OCH3 is 1. The lowest BCUT2D eigenvalue weighted by Crippen LogP contribution is -2.27. The van der Waals surface area contributed by atoms with Gasteiger partial charge >= 0.3 is 0 Å². The Morgan fingerprint density at radius 1 is 1.50 bits per heavy atom. The summed E-state index contributed by atoms with van der Waals surface area (Å²) >= 11 is 0. The van der Waals surface area contributed by atoms with E-state index in [9.17, 15) is 4.39 Å². The van der Waals surface area contributed by atoms with E-state index >= 15 is 0 Å². The van der Waals surface area contributed by atoms with E-state index in [0.717, 1.165) is 6.54 Å². The fourth-order valence-corrected chi connectivity index (χ4v) is 1.65. The molecular weight excluding hydrogens is 233 g/mol. The van der Waals surface area contributed by atoms with E-state index in [2.05, 4.69) is 0 Å². The lowest BCUT2D eigenvalue weighted by molar-refractivity contribution is 0.283. The van der Waals surface area contributed by atoms with Crippen LogP contribution in [0.5, 0.6) is 5.75 Å². The normalized spacial score (nSPS) is 10.7. The highest BCUT2D eigenvalue weighted by molar-refractivity contribution is 5.76. The first kappa shape index (κ1) is 14.4. The molecule has 1 rings (SSSR count). The van der Waals surface area contributed by atoms with Gasteiger partial charge in [-0.25, -0.2) is 4.39 Å². The largest absolute Gasteiger partial charge is 0.497 e. The second kappa shape index (κ2) is 6.96. The van der Waals surface area contributed by atoms with Crippen LogP contribution in [0.2, 0.25) is 0 Å². The van der Waals surface area contributed by atoms with Gasteiger partial charge in [0, 0.05) is 31.1 Å². The molecule has 0 amide bonds. The minimum Gasteiger partial charge on any atom is -0.497 e. The number of rotatable bonds is 7. The first-order valence-corrected chi connectivity index (χ1v) is 5.94. The number of hydrogen-bond donors (Lipinski definition) is 2. The Kier molecular flexibility index (Phi) is 5.58. The molecule has 0 bridgehead atoms. The van der Waals surface area contributed by atoms with Gasteiger partial charge in [0.25, 0.3) is 0 Å². The molecular formula is C13H20FN3O. The van der Waals surface area contributed by atoms with E-state index in [-0.39, 0.29) is 11.7 Å². The molecule has 0 saturated heterocycles. The van der Waals surface area contributed by atoms with Gasteiger partial charge in [-0.3, -0.25) is 10.3 Å². The summed E-state index contributed by atoms with van der Waals surface area (Å²) < 4.78 is 18.7. The zero-order valence-electron chi connectivity index (χ0n) is 10.9. The van der Waals surface area contributed by atoms with Gasteiger partial charge in [0.2, 0.25) is 0 Å². The van der Waals surface area contributed by atoms with Gasteiger partial charge in [-0.1, -0.05) is 13.0 Å². The number of nitrogens with one attached hydrogen (secondary N) is 1. The third-order valence-electron chi connectivity index (χ3n) is 2.80. The Labute approximate surface area is 107 Å². The predicted octanol–water partition coefficient (Wildman–Crippen LogP) is 1.98. The van der Waals surface area contributed by atoms with Gasteiger partial charge in [0.15, 0.2) is 0 Å². The number of ether oxygens (including phenoxy) is 1. The Morgan fingerprint density at radius 2 is 2.22 bits per heavy atom. The topological polar surface area (TPSA) is 62.3 Å². The van der Waals surface area contributed by atoms with Crippen molar-refractivity contribution in [1.82, 2.24) is 4.90 Å². The standard InChI is InChI=1S/C13H20FN3O/c1-3-17(7-6-13(15)16)9-10-4-5-11(18-2)8-12(10)14/h4-5,8H,3,6-7,9H2,1-2H3,(H3,15,16). The maximum absolute atomic E-state index is 13.8. The molecule has 0 aliphatic rings. The van der Waals surface area contributed by atoms with Crippen molar-refractivity contribution < 1.29 is 9.13 Å². The Bertz CT molecular complexity index is 409. The molecule has 0 saturated carbocycles. The first-order valence-electron chi connectivity index (χ1n) is 5.94. The molecule has 5 heteroatoms. The van der Waals surface area contributed by atoms with Crippen LogP contribution in [-0.2, 0) is 6.54 Å². The van der Waals surface area contributed by atoms with E-state index in [4.69, 9.17) is 15.9 Å². The fraction of sp³-hybridized carbons (Fsp3) is 0.462. The van der Waals surface area contributed by atoms with Crippen LogP contribution in [0, 0.1) is 11.2 Å². The summed E-state index contributed by atoms with van der Waals surface area (Å²) in [6, 6.07) is 4.86. The minimum absolute atomic E-state index is 0.156. The number of hydrogen-bond acceptors (Lipinski definition) is 3. The quantitative estimate of drug-likeness (QED) is 0.577. The molecule has 4 nitrogen and oxygen atoms in total. The number of halogens is 1. The van der Waals surface area contributed by atoms with E-state index in [1.165, 1.54) is 13.2 Å². The second-order valence-corrected chi connectivity index (χ2v) is 4.10. The summed E-state index contributed by atoms with van der Waals surface area (Å²) in [7, 11) is 1.51. The molecule has 0 aromatic heterocycles. The molecule has 1 aromatic carbocycles. The highest BCUT2D eigenvalue weighted by Crippen LogP contribution is 2.17. The van der Waals surface area contributed by atoms with E-state index in [0.29, 0.717) is 30.8 Å². The van der Waals surface area contributed by atoms with Gasteiger partial charge < -0.3 is 10.5 Å². The van der Waals surface area contributed by atoms with E-state index in [1.807, 2.05) is 11.8 Å². The van der Waals surface area contributed by atoms with Crippen molar-refractivity contribution in [3.05, 3.63) is 29.6 Å². The zero-order valence-corrected chi connectivity index (χ0v) is 10.9. The minimum atomic E-state index is -0.268. The summed E-state index contributed by atoms with van der Waals surface area (Å²) in [5.41, 5.74) is 5.95. The van der Waals surface area contributed by atoms with Crippen LogP contribution in [0.15, 0.2) is 18.2 Å². The second-order valence-electron chi connectivity index (χ2n) is 4.10. The zero-order chi connectivity index (χ0) is 13.5. The molecule has 0 radical (unpaired) electrons. The highest BCUT2D eigenvalue weighted by atomic mass is 19.1. The lowest BCUT2D eigenvalue weighted by Gasteiger charge is -2.20. The smallest absolute Gasteiger partial charge is 0.131 e. The number of benzene rings is 1. The summed E-state index contributed by atoms with van der Waals surface area (Å²) in [6.07, 6.45) is 0.506. The average molecular weight is 253 g/mol. The van der Waals surface area contributed by atoms with Crippen molar-refractivity contribution in [3.8, 4) is 5.75 Å². The summed E-state index contributed by atoms with van der Waals surface area (Å²) in [5, 5.41) is 7.20. The van der Waals surface area contributed by atoms with E-state index in [1.54, 1.807) is 12.1 Å². The summed E-state index contributed by atoms with van der Waals surface area (Å²) in [4.78, 5) is 2.05. The summed E-state index contributed by atoms with van der Waals surface area (Å²) in [5.74, 6) is 0.405. The fourth-order valence-electron chi connectivity index (χ4n) is 1.65. The Hall–Kier alpha value is -1.62. The molecule has 0 aliphatic carbocycles. The van der Waals surface area contributed by atoms with Crippen molar-refractivity contribution in [2.45, 2.75) is 19.9 Å². The summed E-state index contributed by atoms with van der Waals surface area (Å²) in [6.45, 7) is 3.97. The first-order chi connectivity index (χ1) is 8.56. The number of amidine groups is 1. The van der Waals surface area contributed by atoms with Crippen LogP contribution in [0.1, 0.15) is 18.9 Å². The monoisotopic (exact) mass is 253 g/mol. The van der Waals surface area contributed by atoms with Crippen molar-refractivity contribution in [2.75, 3.05) is 20.2 Å². The molecule has 0 aliphatic heterocycles. The number of nitrogens with two attached hydrogens (primary N) is 1. The van der Waals surface area contributed by atoms with E-state index < -0.39 is 0 Å². The van der Waals surface area contributed by atoms with Gasteiger partial charge in [0.05, 0.1) is 12.9 Å². The van der Waals surface area contributed by atoms with Crippen LogP contribution < -0.4 is 10.5 Å². The third kappa shape index (κ3) is 4.33. The third-order valence-corrected chi connectivity index (χ3v) is 2.80. The molecule has 0 heterocycles. The number of nitrogens with zero attached hydrogens (tertiary/aromatic N) is 1. The van der Waals surface area contributed by atoms with Crippen LogP contribution in [0.25, 0.3) is 0 Å². The van der Waals surface area contributed by atoms with Crippen LogP contribution in [0.4, 0.5) is 4.39 Å². The molecule has 3 N–H and O–H groups in total. The van der Waals surface area contributed by atoms with Crippen molar-refractivity contribution in [1.29, 1.82) is 5.41 Å². The maximum atomic E-state index is 13.8. The lowest BCUT2D eigenvalue weighted by atomic mass is 10.2. The van der Waals surface area contributed by atoms with Gasteiger partial charge in [-0.15, -0.1) is 0 Å². The molecule has 1 aromatic rings. The Morgan fingerprint density at radius 3 is 2.72 bits per heavy atom. The van der Waals surface area contributed by atoms with Crippen molar-refractivity contribution >= 4 is 5.84 Å². The van der Waals surface area contributed by atoms with Crippen LogP contribution in [0.3, 0.4) is 0 Å². The van der Waals surface area contributed by atoms with Crippen LogP contribution in [-0.4, -0.2) is 30.9 Å². The molecule has 18 heavy (non-hydrogen) atoms. The van der Waals surface area contributed by atoms with Crippen molar-refractivity contribution in [2.24, 2.45) is 5.73 Å². The molecule has 0 atom stereocenters.